The fraction of sp³-hybridized carbons (Fsp3) is 0.818. The van der Waals surface area contributed by atoms with Crippen LogP contribution in [0.4, 0.5) is 0 Å². The van der Waals surface area contributed by atoms with Crippen molar-refractivity contribution >= 4 is 0 Å². The number of likely N-dealkylation sites (N-methyl/N-ethyl adjacent to an activating group) is 1. The summed E-state index contributed by atoms with van der Waals surface area (Å²) in [6, 6.07) is 0.722. The van der Waals surface area contributed by atoms with Crippen LogP contribution in [0.5, 0.6) is 0 Å². The molecule has 0 aliphatic carbocycles. The minimum Gasteiger partial charge on any atom is -0.313 e. The Balaban J connectivity index is 2.07. The van der Waals surface area contributed by atoms with Gasteiger partial charge in [0.05, 0.1) is 0 Å². The average molecular weight is 180 g/mol. The first-order valence-corrected chi connectivity index (χ1v) is 5.14. The molecular weight excluding hydrogens is 160 g/mol. The first kappa shape index (κ1) is 10.6. The normalized spacial score (nSPS) is 21.6. The van der Waals surface area contributed by atoms with Crippen LogP contribution in [0.3, 0.4) is 0 Å². The summed E-state index contributed by atoms with van der Waals surface area (Å²) in [7, 11) is 2.18. The van der Waals surface area contributed by atoms with Gasteiger partial charge in [-0.25, -0.2) is 0 Å². The summed E-state index contributed by atoms with van der Waals surface area (Å²) in [6.45, 7) is 5.37. The molecule has 1 heterocycles. The molecular formula is C11H20N2. The molecule has 74 valence electrons. The molecule has 1 aliphatic heterocycles. The molecule has 13 heavy (non-hydrogen) atoms. The van der Waals surface area contributed by atoms with E-state index in [0.29, 0.717) is 0 Å². The lowest BCUT2D eigenvalue weighted by molar-refractivity contribution is 0.307. The van der Waals surface area contributed by atoms with Gasteiger partial charge in [0.15, 0.2) is 0 Å². The smallest absolute Gasteiger partial charge is 0.0216 e. The Kier molecular flexibility index (Phi) is 4.88. The van der Waals surface area contributed by atoms with Gasteiger partial charge in [-0.3, -0.25) is 0 Å². The van der Waals surface area contributed by atoms with E-state index in [4.69, 9.17) is 0 Å². The third kappa shape index (κ3) is 4.31. The van der Waals surface area contributed by atoms with Crippen molar-refractivity contribution in [1.29, 1.82) is 0 Å². The van der Waals surface area contributed by atoms with Gasteiger partial charge >= 0.3 is 0 Å². The molecule has 0 bridgehead atoms. The third-order valence-corrected chi connectivity index (χ3v) is 2.49. The maximum absolute atomic E-state index is 3.50. The van der Waals surface area contributed by atoms with Gasteiger partial charge in [0.1, 0.15) is 0 Å². The summed E-state index contributed by atoms with van der Waals surface area (Å²) < 4.78 is 0. The molecule has 1 aliphatic rings. The largest absolute Gasteiger partial charge is 0.313 e. The van der Waals surface area contributed by atoms with Crippen LogP contribution in [0.15, 0.2) is 0 Å². The first-order valence-electron chi connectivity index (χ1n) is 5.14. The van der Waals surface area contributed by atoms with Gasteiger partial charge in [-0.1, -0.05) is 0 Å². The molecule has 2 nitrogen and oxygen atoms in total. The Morgan fingerprint density at radius 1 is 1.54 bits per heavy atom. The van der Waals surface area contributed by atoms with Gasteiger partial charge in [-0.05, 0) is 33.4 Å². The summed E-state index contributed by atoms with van der Waals surface area (Å²) in [5, 5.41) is 3.50. The van der Waals surface area contributed by atoms with E-state index in [1.54, 1.807) is 0 Å². The van der Waals surface area contributed by atoms with Crippen LogP contribution in [0.25, 0.3) is 0 Å². The molecule has 0 aromatic heterocycles. The molecule has 0 saturated carbocycles. The van der Waals surface area contributed by atoms with Gasteiger partial charge in [0, 0.05) is 25.6 Å². The summed E-state index contributed by atoms with van der Waals surface area (Å²) >= 11 is 0. The van der Waals surface area contributed by atoms with Crippen LogP contribution < -0.4 is 5.32 Å². The van der Waals surface area contributed by atoms with E-state index in [2.05, 4.69) is 29.1 Å². The molecule has 0 amide bonds. The predicted molar refractivity (Wildman–Crippen MR) is 56.6 cm³/mol. The highest BCUT2D eigenvalue weighted by molar-refractivity contribution is 4.95. The van der Waals surface area contributed by atoms with E-state index >= 15 is 0 Å². The second-order valence-corrected chi connectivity index (χ2v) is 3.73. The molecule has 1 unspecified atom stereocenters. The number of hydrogen-bond donors (Lipinski definition) is 1. The number of nitrogens with zero attached hydrogens (tertiary/aromatic N) is 1. The quantitative estimate of drug-likeness (QED) is 0.651. The number of hydrogen-bond acceptors (Lipinski definition) is 2. The Hall–Kier alpha value is -0.520. The van der Waals surface area contributed by atoms with E-state index in [9.17, 15) is 0 Å². The van der Waals surface area contributed by atoms with E-state index in [1.807, 2.05) is 6.92 Å². The fourth-order valence-electron chi connectivity index (χ4n) is 1.75. The number of rotatable bonds is 4. The Morgan fingerprint density at radius 3 is 3.00 bits per heavy atom. The molecule has 0 aromatic rings. The maximum atomic E-state index is 3.50. The zero-order valence-corrected chi connectivity index (χ0v) is 8.77. The molecule has 1 rings (SSSR count). The molecule has 2 heteroatoms. The van der Waals surface area contributed by atoms with Gasteiger partial charge in [-0.15, -0.1) is 11.8 Å². The van der Waals surface area contributed by atoms with Crippen molar-refractivity contribution in [2.75, 3.05) is 26.7 Å². The average Bonchev–Trinajstić information content (AvgIpc) is 2.57. The van der Waals surface area contributed by atoms with Crippen molar-refractivity contribution in [3.63, 3.8) is 0 Å². The summed E-state index contributed by atoms with van der Waals surface area (Å²) in [5.41, 5.74) is 0. The lowest BCUT2D eigenvalue weighted by atomic mass is 10.2. The lowest BCUT2D eigenvalue weighted by Crippen LogP contribution is -2.35. The molecule has 1 saturated heterocycles. The van der Waals surface area contributed by atoms with Gasteiger partial charge in [-0.2, -0.15) is 0 Å². The van der Waals surface area contributed by atoms with Crippen molar-refractivity contribution in [2.45, 2.75) is 32.2 Å². The zero-order valence-electron chi connectivity index (χ0n) is 8.77. The number of nitrogens with one attached hydrogen (secondary N) is 1. The van der Waals surface area contributed by atoms with E-state index in [-0.39, 0.29) is 0 Å². The Bertz CT molecular complexity index is 184. The molecule has 1 fully saturated rings. The predicted octanol–water partition coefficient (Wildman–Crippen LogP) is 1.08. The van der Waals surface area contributed by atoms with Crippen LogP contribution in [-0.2, 0) is 0 Å². The highest BCUT2D eigenvalue weighted by Crippen LogP contribution is 2.05. The van der Waals surface area contributed by atoms with Gasteiger partial charge in [0.25, 0.3) is 0 Å². The monoisotopic (exact) mass is 180 g/mol. The summed E-state index contributed by atoms with van der Waals surface area (Å²) in [6.07, 6.45) is 3.68. The topological polar surface area (TPSA) is 15.3 Å². The molecule has 1 N–H and O–H groups in total. The first-order chi connectivity index (χ1) is 6.33. The highest BCUT2D eigenvalue weighted by atomic mass is 15.1. The molecule has 0 aromatic carbocycles. The van der Waals surface area contributed by atoms with Crippen molar-refractivity contribution in [1.82, 2.24) is 10.2 Å². The summed E-state index contributed by atoms with van der Waals surface area (Å²) in [4.78, 5) is 2.37. The van der Waals surface area contributed by atoms with Gasteiger partial charge in [0.2, 0.25) is 0 Å². The zero-order chi connectivity index (χ0) is 9.52. The SMILES string of the molecule is CC#CCCN(C)CC1CCCN1. The second-order valence-electron chi connectivity index (χ2n) is 3.73. The van der Waals surface area contributed by atoms with Crippen LogP contribution in [-0.4, -0.2) is 37.6 Å². The Morgan fingerprint density at radius 2 is 2.38 bits per heavy atom. The van der Waals surface area contributed by atoms with E-state index < -0.39 is 0 Å². The van der Waals surface area contributed by atoms with E-state index in [0.717, 1.165) is 19.0 Å². The minimum absolute atomic E-state index is 0.722. The standard InChI is InChI=1S/C11H20N2/c1-3-4-5-9-13(2)10-11-7-6-8-12-11/h11-12H,5-10H2,1-2H3. The van der Waals surface area contributed by atoms with Crippen LogP contribution >= 0.6 is 0 Å². The van der Waals surface area contributed by atoms with Crippen LogP contribution in [0.2, 0.25) is 0 Å². The highest BCUT2D eigenvalue weighted by Gasteiger charge is 2.14. The molecule has 0 radical (unpaired) electrons. The fourth-order valence-corrected chi connectivity index (χ4v) is 1.75. The molecule has 1 atom stereocenters. The van der Waals surface area contributed by atoms with Crippen molar-refractivity contribution in [3.05, 3.63) is 0 Å². The van der Waals surface area contributed by atoms with Crippen molar-refractivity contribution in [3.8, 4) is 11.8 Å². The maximum Gasteiger partial charge on any atom is 0.0216 e. The summed E-state index contributed by atoms with van der Waals surface area (Å²) in [5.74, 6) is 6.02. The minimum atomic E-state index is 0.722. The van der Waals surface area contributed by atoms with Gasteiger partial charge < -0.3 is 10.2 Å². The third-order valence-electron chi connectivity index (χ3n) is 2.49. The van der Waals surface area contributed by atoms with Crippen molar-refractivity contribution < 1.29 is 0 Å². The van der Waals surface area contributed by atoms with Crippen LogP contribution in [0, 0.1) is 11.8 Å². The molecule has 0 spiro atoms. The second kappa shape index (κ2) is 6.01. The lowest BCUT2D eigenvalue weighted by Gasteiger charge is -2.19. The van der Waals surface area contributed by atoms with E-state index in [1.165, 1.54) is 25.9 Å². The Labute approximate surface area is 81.7 Å². The van der Waals surface area contributed by atoms with Crippen molar-refractivity contribution in [2.24, 2.45) is 0 Å². The van der Waals surface area contributed by atoms with Crippen LogP contribution in [0.1, 0.15) is 26.2 Å².